The van der Waals surface area contributed by atoms with Crippen molar-refractivity contribution in [3.05, 3.63) is 23.8 Å². The molecule has 0 bridgehead atoms. The summed E-state index contributed by atoms with van der Waals surface area (Å²) >= 11 is 0. The first-order valence-electron chi connectivity index (χ1n) is 7.50. The molecule has 4 nitrogen and oxygen atoms in total. The summed E-state index contributed by atoms with van der Waals surface area (Å²) in [7, 11) is 3.31. The van der Waals surface area contributed by atoms with E-state index in [4.69, 9.17) is 9.47 Å². The summed E-state index contributed by atoms with van der Waals surface area (Å²) in [4.78, 5) is 11.7. The maximum absolute atomic E-state index is 11.7. The van der Waals surface area contributed by atoms with Gasteiger partial charge in [0.15, 0.2) is 0 Å². The first kappa shape index (κ1) is 15.7. The molecule has 1 heterocycles. The third-order valence-corrected chi connectivity index (χ3v) is 4.06. The fraction of sp³-hybridized carbons (Fsp3) is 0.588. The minimum absolute atomic E-state index is 0.146. The number of benzene rings is 1. The van der Waals surface area contributed by atoms with Gasteiger partial charge in [-0.05, 0) is 36.8 Å². The minimum atomic E-state index is -0.146. The third-order valence-electron chi connectivity index (χ3n) is 4.06. The maximum atomic E-state index is 11.7. The molecule has 1 fully saturated rings. The normalized spacial score (nSPS) is 21.5. The van der Waals surface area contributed by atoms with Crippen LogP contribution < -0.4 is 14.8 Å². The van der Waals surface area contributed by atoms with E-state index < -0.39 is 0 Å². The molecule has 0 radical (unpaired) electrons. The average Bonchev–Trinajstić information content (AvgIpc) is 2.79. The zero-order valence-corrected chi connectivity index (χ0v) is 13.4. The third kappa shape index (κ3) is 3.69. The number of hydrogen-bond acceptors (Lipinski definition) is 3. The van der Waals surface area contributed by atoms with Gasteiger partial charge in [-0.15, -0.1) is 0 Å². The molecule has 1 aromatic carbocycles. The van der Waals surface area contributed by atoms with E-state index in [1.165, 1.54) is 0 Å². The van der Waals surface area contributed by atoms with Gasteiger partial charge in [-0.1, -0.05) is 19.9 Å². The fourth-order valence-corrected chi connectivity index (χ4v) is 3.28. The van der Waals surface area contributed by atoms with Crippen molar-refractivity contribution in [1.29, 1.82) is 0 Å². The van der Waals surface area contributed by atoms with Crippen LogP contribution in [-0.2, 0) is 11.2 Å². The Kier molecular flexibility index (Phi) is 4.76. The zero-order valence-electron chi connectivity index (χ0n) is 13.4. The lowest BCUT2D eigenvalue weighted by atomic mass is 9.82. The van der Waals surface area contributed by atoms with Crippen LogP contribution in [0.3, 0.4) is 0 Å². The summed E-state index contributed by atoms with van der Waals surface area (Å²) in [6, 6.07) is 5.87. The number of nitrogens with one attached hydrogen (secondary N) is 1. The first-order valence-corrected chi connectivity index (χ1v) is 7.50. The van der Waals surface area contributed by atoms with Crippen molar-refractivity contribution >= 4 is 5.91 Å². The lowest BCUT2D eigenvalue weighted by Crippen LogP contribution is -2.44. The molecule has 0 aliphatic carbocycles. The van der Waals surface area contributed by atoms with E-state index in [0.29, 0.717) is 12.3 Å². The van der Waals surface area contributed by atoms with Crippen LogP contribution in [0.4, 0.5) is 0 Å². The Labute approximate surface area is 126 Å². The maximum Gasteiger partial charge on any atom is 0.220 e. The summed E-state index contributed by atoms with van der Waals surface area (Å²) in [5, 5.41) is 3.20. The highest BCUT2D eigenvalue weighted by Gasteiger charge is 2.38. The van der Waals surface area contributed by atoms with Gasteiger partial charge in [-0.25, -0.2) is 0 Å². The van der Waals surface area contributed by atoms with Crippen LogP contribution >= 0.6 is 0 Å². The Morgan fingerprint density at radius 2 is 2.05 bits per heavy atom. The van der Waals surface area contributed by atoms with E-state index in [2.05, 4.69) is 19.2 Å². The van der Waals surface area contributed by atoms with Crippen molar-refractivity contribution in [1.82, 2.24) is 5.32 Å². The molecule has 1 N–H and O–H groups in total. The molecule has 1 unspecified atom stereocenters. The molecule has 1 aliphatic heterocycles. The van der Waals surface area contributed by atoms with E-state index in [1.54, 1.807) is 14.2 Å². The monoisotopic (exact) mass is 291 g/mol. The Hall–Kier alpha value is -1.71. The van der Waals surface area contributed by atoms with Gasteiger partial charge in [0.2, 0.25) is 5.91 Å². The lowest BCUT2D eigenvalue weighted by Gasteiger charge is -2.31. The molecular weight excluding hydrogens is 266 g/mol. The summed E-state index contributed by atoms with van der Waals surface area (Å²) in [5.41, 5.74) is 0.966. The molecule has 21 heavy (non-hydrogen) atoms. The van der Waals surface area contributed by atoms with E-state index in [-0.39, 0.29) is 11.4 Å². The number of carbonyl (C=O) groups is 1. The topological polar surface area (TPSA) is 47.6 Å². The van der Waals surface area contributed by atoms with Crippen LogP contribution in [0, 0.1) is 5.92 Å². The van der Waals surface area contributed by atoms with Crippen LogP contribution in [0.1, 0.15) is 38.7 Å². The van der Waals surface area contributed by atoms with Crippen LogP contribution in [0.25, 0.3) is 0 Å². The number of rotatable bonds is 6. The van der Waals surface area contributed by atoms with Gasteiger partial charge in [0.1, 0.15) is 11.5 Å². The smallest absolute Gasteiger partial charge is 0.220 e. The molecule has 4 heteroatoms. The van der Waals surface area contributed by atoms with Crippen molar-refractivity contribution in [2.75, 3.05) is 14.2 Å². The van der Waals surface area contributed by atoms with Gasteiger partial charge in [0.05, 0.1) is 14.2 Å². The Morgan fingerprint density at radius 3 is 2.57 bits per heavy atom. The van der Waals surface area contributed by atoms with Crippen molar-refractivity contribution in [3.63, 3.8) is 0 Å². The van der Waals surface area contributed by atoms with Gasteiger partial charge < -0.3 is 14.8 Å². The van der Waals surface area contributed by atoms with Crippen molar-refractivity contribution in [2.24, 2.45) is 5.92 Å². The van der Waals surface area contributed by atoms with E-state index in [1.807, 2.05) is 18.2 Å². The van der Waals surface area contributed by atoms with Crippen molar-refractivity contribution < 1.29 is 14.3 Å². The molecule has 2 rings (SSSR count). The summed E-state index contributed by atoms with van der Waals surface area (Å²) in [5.74, 6) is 2.29. The second-order valence-electron chi connectivity index (χ2n) is 6.28. The molecule has 116 valence electrons. The number of carbonyl (C=O) groups excluding carboxylic acids is 1. The second kappa shape index (κ2) is 6.37. The fourth-order valence-electron chi connectivity index (χ4n) is 3.28. The standard InChI is InChI=1S/C17H25NO3/c1-12(2)10-17(8-7-16(19)18-17)11-13-5-6-14(20-3)9-15(13)21-4/h5-6,9,12H,7-8,10-11H2,1-4H3,(H,18,19). The van der Waals surface area contributed by atoms with E-state index in [9.17, 15) is 4.79 Å². The first-order chi connectivity index (χ1) is 9.98. The van der Waals surface area contributed by atoms with E-state index >= 15 is 0 Å². The van der Waals surface area contributed by atoms with Crippen molar-refractivity contribution in [3.8, 4) is 11.5 Å². The number of hydrogen-bond donors (Lipinski definition) is 1. The predicted molar refractivity (Wildman–Crippen MR) is 82.8 cm³/mol. The highest BCUT2D eigenvalue weighted by molar-refractivity contribution is 5.79. The minimum Gasteiger partial charge on any atom is -0.497 e. The molecule has 1 aromatic rings. The SMILES string of the molecule is COc1ccc(CC2(CC(C)C)CCC(=O)N2)c(OC)c1. The number of methoxy groups -OCH3 is 2. The molecule has 1 saturated heterocycles. The lowest BCUT2D eigenvalue weighted by molar-refractivity contribution is -0.119. The predicted octanol–water partition coefficient (Wildman–Crippen LogP) is 2.94. The van der Waals surface area contributed by atoms with Gasteiger partial charge in [-0.2, -0.15) is 0 Å². The quantitative estimate of drug-likeness (QED) is 0.876. The van der Waals surface area contributed by atoms with Gasteiger partial charge in [0, 0.05) is 18.0 Å². The molecule has 1 amide bonds. The molecule has 0 aromatic heterocycles. The van der Waals surface area contributed by atoms with Gasteiger partial charge in [0.25, 0.3) is 0 Å². The molecule has 0 spiro atoms. The molecular formula is C17H25NO3. The van der Waals surface area contributed by atoms with E-state index in [0.717, 1.165) is 36.3 Å². The van der Waals surface area contributed by atoms with Crippen LogP contribution in [0.2, 0.25) is 0 Å². The van der Waals surface area contributed by atoms with Crippen LogP contribution in [0.5, 0.6) is 11.5 Å². The number of amides is 1. The highest BCUT2D eigenvalue weighted by atomic mass is 16.5. The van der Waals surface area contributed by atoms with Crippen LogP contribution in [-0.4, -0.2) is 25.7 Å². The largest absolute Gasteiger partial charge is 0.497 e. The van der Waals surface area contributed by atoms with Crippen LogP contribution in [0.15, 0.2) is 18.2 Å². The Bertz CT molecular complexity index is 513. The Balaban J connectivity index is 2.26. The van der Waals surface area contributed by atoms with Gasteiger partial charge >= 0.3 is 0 Å². The molecule has 0 saturated carbocycles. The number of ether oxygens (including phenoxy) is 2. The van der Waals surface area contributed by atoms with Gasteiger partial charge in [-0.3, -0.25) is 4.79 Å². The summed E-state index contributed by atoms with van der Waals surface area (Å²) in [6.45, 7) is 4.38. The second-order valence-corrected chi connectivity index (χ2v) is 6.28. The Morgan fingerprint density at radius 1 is 1.29 bits per heavy atom. The molecule has 1 atom stereocenters. The summed E-state index contributed by atoms with van der Waals surface area (Å²) in [6.07, 6.45) is 3.28. The average molecular weight is 291 g/mol. The highest BCUT2D eigenvalue weighted by Crippen LogP contribution is 2.35. The van der Waals surface area contributed by atoms with Crippen molar-refractivity contribution in [2.45, 2.75) is 45.1 Å². The zero-order chi connectivity index (χ0) is 15.5. The molecule has 1 aliphatic rings. The summed E-state index contributed by atoms with van der Waals surface area (Å²) < 4.78 is 10.7.